The topological polar surface area (TPSA) is 20.3 Å². The number of hydrogen-bond donors (Lipinski definition) is 0. The molecule has 13 heavy (non-hydrogen) atoms. The van der Waals surface area contributed by atoms with E-state index in [1.807, 2.05) is 18.9 Å². The van der Waals surface area contributed by atoms with Crippen molar-refractivity contribution in [3.05, 3.63) is 0 Å². The molecular weight excluding hydrogens is 230 g/mol. The van der Waals surface area contributed by atoms with E-state index in [1.54, 1.807) is 0 Å². The minimum atomic E-state index is -0.0427. The molecule has 0 saturated heterocycles. The average molecular weight is 248 g/mol. The van der Waals surface area contributed by atoms with E-state index in [4.69, 9.17) is 0 Å². The average Bonchev–Trinajstić information content (AvgIpc) is 2.55. The van der Waals surface area contributed by atoms with E-state index in [-0.39, 0.29) is 10.7 Å². The van der Waals surface area contributed by atoms with E-state index in [2.05, 4.69) is 15.9 Å². The molecule has 0 aromatic rings. The van der Waals surface area contributed by atoms with Crippen molar-refractivity contribution in [2.24, 2.45) is 5.92 Å². The highest BCUT2D eigenvalue weighted by Gasteiger charge is 2.21. The third-order valence-corrected chi connectivity index (χ3v) is 3.11. The van der Waals surface area contributed by atoms with E-state index < -0.39 is 0 Å². The summed E-state index contributed by atoms with van der Waals surface area (Å²) in [6.07, 6.45) is 5.29. The molecule has 1 unspecified atom stereocenters. The molecule has 1 aliphatic carbocycles. The van der Waals surface area contributed by atoms with E-state index in [9.17, 15) is 4.79 Å². The Labute approximate surface area is 88.8 Å². The van der Waals surface area contributed by atoms with Gasteiger partial charge in [-0.3, -0.25) is 4.79 Å². The molecule has 0 heterocycles. The van der Waals surface area contributed by atoms with Crippen molar-refractivity contribution in [2.75, 3.05) is 13.6 Å². The Morgan fingerprint density at radius 1 is 1.54 bits per heavy atom. The standard InChI is InChI=1S/C10H18BrNO/c1-8(11)10(13)12(2)7-9-5-3-4-6-9/h8-9H,3-7H2,1-2H3. The number of amides is 1. The van der Waals surface area contributed by atoms with Crippen LogP contribution in [0, 0.1) is 5.92 Å². The maximum Gasteiger partial charge on any atom is 0.235 e. The van der Waals surface area contributed by atoms with Crippen LogP contribution in [-0.4, -0.2) is 29.2 Å². The van der Waals surface area contributed by atoms with Crippen LogP contribution in [0.5, 0.6) is 0 Å². The molecule has 1 fully saturated rings. The monoisotopic (exact) mass is 247 g/mol. The Morgan fingerprint density at radius 2 is 2.08 bits per heavy atom. The van der Waals surface area contributed by atoms with Gasteiger partial charge in [-0.05, 0) is 25.7 Å². The molecule has 2 nitrogen and oxygen atoms in total. The van der Waals surface area contributed by atoms with Gasteiger partial charge < -0.3 is 4.90 Å². The molecule has 0 aromatic carbocycles. The fourth-order valence-electron chi connectivity index (χ4n) is 1.97. The van der Waals surface area contributed by atoms with Crippen LogP contribution in [0.15, 0.2) is 0 Å². The van der Waals surface area contributed by atoms with Crippen LogP contribution in [0.1, 0.15) is 32.6 Å². The number of alkyl halides is 1. The van der Waals surface area contributed by atoms with Crippen molar-refractivity contribution in [1.29, 1.82) is 0 Å². The lowest BCUT2D eigenvalue weighted by Gasteiger charge is -2.22. The molecule has 76 valence electrons. The molecule has 0 spiro atoms. The molecule has 1 atom stereocenters. The predicted octanol–water partition coefficient (Wildman–Crippen LogP) is 2.42. The zero-order valence-corrected chi connectivity index (χ0v) is 10.0. The summed E-state index contributed by atoms with van der Waals surface area (Å²) in [4.78, 5) is 13.3. The number of carbonyl (C=O) groups excluding carboxylic acids is 1. The summed E-state index contributed by atoms with van der Waals surface area (Å²) >= 11 is 3.30. The molecule has 0 aromatic heterocycles. The first-order valence-electron chi connectivity index (χ1n) is 5.00. The van der Waals surface area contributed by atoms with Crippen LogP contribution in [0.25, 0.3) is 0 Å². The zero-order valence-electron chi connectivity index (χ0n) is 8.42. The van der Waals surface area contributed by atoms with Crippen molar-refractivity contribution in [3.63, 3.8) is 0 Å². The van der Waals surface area contributed by atoms with Gasteiger partial charge in [0.05, 0.1) is 4.83 Å². The first kappa shape index (κ1) is 11.0. The lowest BCUT2D eigenvalue weighted by atomic mass is 10.1. The highest BCUT2D eigenvalue weighted by molar-refractivity contribution is 9.10. The number of carbonyl (C=O) groups is 1. The van der Waals surface area contributed by atoms with Gasteiger partial charge in [0.2, 0.25) is 5.91 Å². The van der Waals surface area contributed by atoms with Crippen molar-refractivity contribution in [3.8, 4) is 0 Å². The normalized spacial score (nSPS) is 20.2. The molecule has 0 N–H and O–H groups in total. The molecule has 3 heteroatoms. The van der Waals surface area contributed by atoms with E-state index in [0.29, 0.717) is 0 Å². The Morgan fingerprint density at radius 3 is 2.54 bits per heavy atom. The Bertz CT molecular complexity index is 176. The second kappa shape index (κ2) is 4.99. The summed E-state index contributed by atoms with van der Waals surface area (Å²) < 4.78 is 0. The van der Waals surface area contributed by atoms with Crippen LogP contribution in [0.4, 0.5) is 0 Å². The van der Waals surface area contributed by atoms with Gasteiger partial charge in [0.25, 0.3) is 0 Å². The second-order valence-electron chi connectivity index (χ2n) is 3.99. The third-order valence-electron chi connectivity index (χ3n) is 2.72. The van der Waals surface area contributed by atoms with Crippen molar-refractivity contribution in [2.45, 2.75) is 37.4 Å². The summed E-state index contributed by atoms with van der Waals surface area (Å²) in [5, 5.41) is 0. The first-order chi connectivity index (χ1) is 6.11. The van der Waals surface area contributed by atoms with Crippen LogP contribution in [-0.2, 0) is 4.79 Å². The number of halogens is 1. The first-order valence-corrected chi connectivity index (χ1v) is 5.92. The molecule has 0 bridgehead atoms. The minimum absolute atomic E-state index is 0.0427. The quantitative estimate of drug-likeness (QED) is 0.702. The van der Waals surface area contributed by atoms with Crippen molar-refractivity contribution >= 4 is 21.8 Å². The summed E-state index contributed by atoms with van der Waals surface area (Å²) in [6, 6.07) is 0. The van der Waals surface area contributed by atoms with Gasteiger partial charge in [-0.15, -0.1) is 0 Å². The summed E-state index contributed by atoms with van der Waals surface area (Å²) in [5.41, 5.74) is 0. The lowest BCUT2D eigenvalue weighted by molar-refractivity contribution is -0.129. The fourth-order valence-corrected chi connectivity index (χ4v) is 2.32. The summed E-state index contributed by atoms with van der Waals surface area (Å²) in [5.74, 6) is 0.951. The number of nitrogens with zero attached hydrogens (tertiary/aromatic N) is 1. The van der Waals surface area contributed by atoms with Crippen molar-refractivity contribution in [1.82, 2.24) is 4.90 Å². The van der Waals surface area contributed by atoms with E-state index in [0.717, 1.165) is 12.5 Å². The number of rotatable bonds is 3. The predicted molar refractivity (Wildman–Crippen MR) is 58.0 cm³/mol. The van der Waals surface area contributed by atoms with Crippen LogP contribution < -0.4 is 0 Å². The molecule has 1 rings (SSSR count). The van der Waals surface area contributed by atoms with Crippen LogP contribution in [0.2, 0.25) is 0 Å². The van der Waals surface area contributed by atoms with Gasteiger partial charge in [0.15, 0.2) is 0 Å². The SMILES string of the molecule is CC(Br)C(=O)N(C)CC1CCCC1. The zero-order chi connectivity index (χ0) is 9.84. The van der Waals surface area contributed by atoms with Gasteiger partial charge in [-0.2, -0.15) is 0 Å². The van der Waals surface area contributed by atoms with Gasteiger partial charge in [0.1, 0.15) is 0 Å². The highest BCUT2D eigenvalue weighted by Crippen LogP contribution is 2.25. The third kappa shape index (κ3) is 3.29. The molecular formula is C10H18BrNO. The summed E-state index contributed by atoms with van der Waals surface area (Å²) in [7, 11) is 1.90. The highest BCUT2D eigenvalue weighted by atomic mass is 79.9. The van der Waals surface area contributed by atoms with Gasteiger partial charge in [0, 0.05) is 13.6 Å². The summed E-state index contributed by atoms with van der Waals surface area (Å²) in [6.45, 7) is 2.82. The molecule has 1 amide bonds. The second-order valence-corrected chi connectivity index (χ2v) is 5.36. The smallest absolute Gasteiger partial charge is 0.235 e. The maximum atomic E-state index is 11.5. The molecule has 0 radical (unpaired) electrons. The Balaban J connectivity index is 2.31. The van der Waals surface area contributed by atoms with Gasteiger partial charge >= 0.3 is 0 Å². The van der Waals surface area contributed by atoms with E-state index in [1.165, 1.54) is 25.7 Å². The van der Waals surface area contributed by atoms with Gasteiger partial charge in [-0.1, -0.05) is 28.8 Å². The van der Waals surface area contributed by atoms with Gasteiger partial charge in [-0.25, -0.2) is 0 Å². The fraction of sp³-hybridized carbons (Fsp3) is 0.900. The Kier molecular flexibility index (Phi) is 4.23. The number of hydrogen-bond acceptors (Lipinski definition) is 1. The van der Waals surface area contributed by atoms with Crippen LogP contribution >= 0.6 is 15.9 Å². The lowest BCUT2D eigenvalue weighted by Crippen LogP contribution is -2.35. The van der Waals surface area contributed by atoms with Crippen LogP contribution in [0.3, 0.4) is 0 Å². The minimum Gasteiger partial charge on any atom is -0.345 e. The molecule has 1 aliphatic rings. The Hall–Kier alpha value is -0.0500. The molecule has 1 saturated carbocycles. The van der Waals surface area contributed by atoms with E-state index >= 15 is 0 Å². The maximum absolute atomic E-state index is 11.5. The van der Waals surface area contributed by atoms with Crippen molar-refractivity contribution < 1.29 is 4.79 Å². The molecule has 0 aliphatic heterocycles. The largest absolute Gasteiger partial charge is 0.345 e.